The number of benzene rings is 1. The number of ether oxygens (including phenoxy) is 1. The second kappa shape index (κ2) is 8.93. The van der Waals surface area contributed by atoms with Crippen LogP contribution in [-0.2, 0) is 11.3 Å². The third-order valence-corrected chi connectivity index (χ3v) is 6.29. The van der Waals surface area contributed by atoms with Crippen LogP contribution in [0.4, 0.5) is 10.5 Å². The topological polar surface area (TPSA) is 71.5 Å². The fourth-order valence-electron chi connectivity index (χ4n) is 4.74. The maximum atomic E-state index is 13.0. The number of hydrogen-bond acceptors (Lipinski definition) is 4. The molecular formula is C26H33N3O3. The minimum Gasteiger partial charge on any atom is -0.444 e. The maximum absolute atomic E-state index is 13.0. The first kappa shape index (κ1) is 22.3. The van der Waals surface area contributed by atoms with Gasteiger partial charge in [-0.2, -0.15) is 0 Å². The van der Waals surface area contributed by atoms with Gasteiger partial charge in [0.15, 0.2) is 0 Å². The van der Waals surface area contributed by atoms with E-state index in [1.165, 1.54) is 36.8 Å². The van der Waals surface area contributed by atoms with Gasteiger partial charge in [0, 0.05) is 24.8 Å². The number of carbonyl (C=O) groups is 2. The molecule has 0 bridgehead atoms. The summed E-state index contributed by atoms with van der Waals surface area (Å²) < 4.78 is 5.55. The molecule has 1 saturated carbocycles. The Hall–Kier alpha value is -2.89. The smallest absolute Gasteiger partial charge is 0.410 e. The van der Waals surface area contributed by atoms with Gasteiger partial charge in [-0.1, -0.05) is 25.8 Å². The highest BCUT2D eigenvalue weighted by Crippen LogP contribution is 2.34. The van der Waals surface area contributed by atoms with Crippen molar-refractivity contribution in [3.05, 3.63) is 58.9 Å². The first-order valence-corrected chi connectivity index (χ1v) is 11.6. The highest BCUT2D eigenvalue weighted by molar-refractivity contribution is 6.04. The second-order valence-corrected chi connectivity index (χ2v) is 10.1. The molecule has 32 heavy (non-hydrogen) atoms. The van der Waals surface area contributed by atoms with Gasteiger partial charge < -0.3 is 15.0 Å². The van der Waals surface area contributed by atoms with Gasteiger partial charge in [-0.3, -0.25) is 9.78 Å². The third kappa shape index (κ3) is 5.12. The SMILES string of the molecule is CC1CN(C(=O)OC(C)(C)C)Cc2cc(C(=O)Nc3cncc(C4CCCC4)c3)ccc21. The molecular weight excluding hydrogens is 402 g/mol. The quantitative estimate of drug-likeness (QED) is 0.657. The van der Waals surface area contributed by atoms with Crippen molar-refractivity contribution < 1.29 is 14.3 Å². The van der Waals surface area contributed by atoms with Crippen molar-refractivity contribution in [1.29, 1.82) is 0 Å². The molecule has 0 spiro atoms. The van der Waals surface area contributed by atoms with Crippen LogP contribution in [-0.4, -0.2) is 34.0 Å². The number of carbonyl (C=O) groups excluding carboxylic acids is 2. The van der Waals surface area contributed by atoms with E-state index in [1.54, 1.807) is 11.1 Å². The monoisotopic (exact) mass is 435 g/mol. The van der Waals surface area contributed by atoms with E-state index in [9.17, 15) is 9.59 Å². The zero-order valence-corrected chi connectivity index (χ0v) is 19.5. The predicted octanol–water partition coefficient (Wildman–Crippen LogP) is 5.85. The maximum Gasteiger partial charge on any atom is 0.410 e. The number of fused-ring (bicyclic) bond motifs is 1. The molecule has 6 nitrogen and oxygen atoms in total. The van der Waals surface area contributed by atoms with Crippen molar-refractivity contribution in [3.8, 4) is 0 Å². The molecule has 1 fully saturated rings. The average Bonchev–Trinajstić information content (AvgIpc) is 3.27. The number of nitrogens with one attached hydrogen (secondary N) is 1. The summed E-state index contributed by atoms with van der Waals surface area (Å²) >= 11 is 0. The number of amides is 2. The minimum atomic E-state index is -0.538. The Morgan fingerprint density at radius 3 is 2.59 bits per heavy atom. The van der Waals surface area contributed by atoms with Gasteiger partial charge >= 0.3 is 6.09 Å². The van der Waals surface area contributed by atoms with Gasteiger partial charge in [0.25, 0.3) is 5.91 Å². The van der Waals surface area contributed by atoms with E-state index >= 15 is 0 Å². The summed E-state index contributed by atoms with van der Waals surface area (Å²) in [7, 11) is 0. The Morgan fingerprint density at radius 2 is 1.88 bits per heavy atom. The lowest BCUT2D eigenvalue weighted by Crippen LogP contribution is -2.41. The van der Waals surface area contributed by atoms with Gasteiger partial charge in [0.1, 0.15) is 5.60 Å². The summed E-state index contributed by atoms with van der Waals surface area (Å²) in [5, 5.41) is 3.00. The van der Waals surface area contributed by atoms with Crippen molar-refractivity contribution in [3.63, 3.8) is 0 Å². The van der Waals surface area contributed by atoms with Crippen LogP contribution in [0.3, 0.4) is 0 Å². The molecule has 1 aromatic heterocycles. The zero-order chi connectivity index (χ0) is 22.9. The molecule has 1 atom stereocenters. The van der Waals surface area contributed by atoms with Gasteiger partial charge in [0.2, 0.25) is 0 Å². The van der Waals surface area contributed by atoms with Crippen LogP contribution in [0.1, 0.15) is 92.3 Å². The summed E-state index contributed by atoms with van der Waals surface area (Å²) in [6.45, 7) is 8.73. The molecule has 1 aliphatic heterocycles. The lowest BCUT2D eigenvalue weighted by Gasteiger charge is -2.34. The van der Waals surface area contributed by atoms with E-state index in [1.807, 2.05) is 51.2 Å². The van der Waals surface area contributed by atoms with Crippen molar-refractivity contribution in [2.24, 2.45) is 0 Å². The predicted molar refractivity (Wildman–Crippen MR) is 125 cm³/mol. The van der Waals surface area contributed by atoms with Crippen molar-refractivity contribution in [1.82, 2.24) is 9.88 Å². The lowest BCUT2D eigenvalue weighted by atomic mass is 9.90. The minimum absolute atomic E-state index is 0.166. The summed E-state index contributed by atoms with van der Waals surface area (Å²) in [4.78, 5) is 31.6. The lowest BCUT2D eigenvalue weighted by molar-refractivity contribution is 0.0209. The van der Waals surface area contributed by atoms with E-state index in [2.05, 4.69) is 17.2 Å². The average molecular weight is 436 g/mol. The Balaban J connectivity index is 1.49. The standard InChI is InChI=1S/C26H33N3O3/c1-17-15-29(25(31)32-26(2,3)4)16-21-11-19(9-10-23(17)21)24(30)28-22-12-20(13-27-14-22)18-7-5-6-8-18/h9-14,17-18H,5-8,15-16H2,1-4H3,(H,28,30). The fraction of sp³-hybridized carbons (Fsp3) is 0.500. The molecule has 1 aliphatic carbocycles. The van der Waals surface area contributed by atoms with Crippen molar-refractivity contribution in [2.45, 2.75) is 77.4 Å². The third-order valence-electron chi connectivity index (χ3n) is 6.29. The molecule has 0 saturated heterocycles. The Kier molecular flexibility index (Phi) is 6.22. The van der Waals surface area contributed by atoms with E-state index in [0.717, 1.165) is 11.3 Å². The van der Waals surface area contributed by atoms with Crippen LogP contribution >= 0.6 is 0 Å². The molecule has 0 radical (unpaired) electrons. The van der Waals surface area contributed by atoms with Crippen molar-refractivity contribution in [2.75, 3.05) is 11.9 Å². The molecule has 1 N–H and O–H groups in total. The fourth-order valence-corrected chi connectivity index (χ4v) is 4.74. The highest BCUT2D eigenvalue weighted by atomic mass is 16.6. The van der Waals surface area contributed by atoms with Crippen LogP contribution in [0.15, 0.2) is 36.7 Å². The summed E-state index contributed by atoms with van der Waals surface area (Å²) in [5.41, 5.74) is 4.12. The molecule has 6 heteroatoms. The molecule has 1 aromatic carbocycles. The number of aromatic nitrogens is 1. The molecule has 2 amide bonds. The number of pyridine rings is 1. The largest absolute Gasteiger partial charge is 0.444 e. The summed E-state index contributed by atoms with van der Waals surface area (Å²) in [6, 6.07) is 7.81. The van der Waals surface area contributed by atoms with Gasteiger partial charge in [0.05, 0.1) is 11.9 Å². The first-order valence-electron chi connectivity index (χ1n) is 11.6. The number of anilines is 1. The Labute approximate surface area is 190 Å². The van der Waals surface area contributed by atoms with Crippen molar-refractivity contribution >= 4 is 17.7 Å². The van der Waals surface area contributed by atoms with E-state index < -0.39 is 5.60 Å². The summed E-state index contributed by atoms with van der Waals surface area (Å²) in [5.74, 6) is 0.555. The number of nitrogens with zero attached hydrogens (tertiary/aromatic N) is 2. The van der Waals surface area contributed by atoms with Crippen LogP contribution in [0.2, 0.25) is 0 Å². The van der Waals surface area contributed by atoms with Gasteiger partial charge in [-0.15, -0.1) is 0 Å². The van der Waals surface area contributed by atoms with Gasteiger partial charge in [-0.05, 0) is 80.3 Å². The van der Waals surface area contributed by atoms with Crippen LogP contribution in [0, 0.1) is 0 Å². The van der Waals surface area contributed by atoms with Crippen LogP contribution < -0.4 is 5.32 Å². The highest BCUT2D eigenvalue weighted by Gasteiger charge is 2.29. The number of rotatable bonds is 3. The Morgan fingerprint density at radius 1 is 1.12 bits per heavy atom. The second-order valence-electron chi connectivity index (χ2n) is 10.1. The van der Waals surface area contributed by atoms with Crippen LogP contribution in [0.5, 0.6) is 0 Å². The van der Waals surface area contributed by atoms with E-state index in [-0.39, 0.29) is 17.9 Å². The molecule has 1 unspecified atom stereocenters. The first-order chi connectivity index (χ1) is 15.2. The Bertz CT molecular complexity index is 1010. The summed E-state index contributed by atoms with van der Waals surface area (Å²) in [6.07, 6.45) is 8.19. The van der Waals surface area contributed by atoms with Crippen LogP contribution in [0.25, 0.3) is 0 Å². The van der Waals surface area contributed by atoms with Gasteiger partial charge in [-0.25, -0.2) is 4.79 Å². The molecule has 4 rings (SSSR count). The zero-order valence-electron chi connectivity index (χ0n) is 19.5. The molecule has 170 valence electrons. The molecule has 2 heterocycles. The van der Waals surface area contributed by atoms with E-state index in [0.29, 0.717) is 24.6 Å². The molecule has 2 aromatic rings. The number of hydrogen-bond donors (Lipinski definition) is 1. The molecule has 2 aliphatic rings. The van der Waals surface area contributed by atoms with E-state index in [4.69, 9.17) is 4.74 Å². The normalized spacial score (nSPS) is 18.9.